The molecule has 0 unspecified atom stereocenters. The van der Waals surface area contributed by atoms with Gasteiger partial charge in [-0.1, -0.05) is 54.6 Å². The van der Waals surface area contributed by atoms with E-state index in [0.717, 1.165) is 23.0 Å². The first kappa shape index (κ1) is 23.2. The third-order valence-electron chi connectivity index (χ3n) is 8.27. The Bertz CT molecular complexity index is 1300. The number of nitrogens with zero attached hydrogens (tertiary/aromatic N) is 5. The molecule has 2 aromatic carbocycles. The predicted molar refractivity (Wildman–Crippen MR) is 147 cm³/mol. The lowest BCUT2D eigenvalue weighted by atomic mass is 9.89. The van der Waals surface area contributed by atoms with Gasteiger partial charge in [-0.15, -0.1) is 0 Å². The van der Waals surface area contributed by atoms with E-state index < -0.39 is 0 Å². The van der Waals surface area contributed by atoms with Crippen molar-refractivity contribution < 1.29 is 0 Å². The van der Waals surface area contributed by atoms with Gasteiger partial charge in [0.05, 0.1) is 5.39 Å². The first-order chi connectivity index (χ1) is 17.7. The average molecular weight is 481 g/mol. The van der Waals surface area contributed by atoms with E-state index in [4.69, 9.17) is 10.7 Å². The minimum Gasteiger partial charge on any atom is -0.383 e. The normalized spacial score (nSPS) is 21.7. The molecule has 3 heterocycles. The largest absolute Gasteiger partial charge is 0.383 e. The maximum atomic E-state index is 6.43. The standard InChI is InChI=1S/C30H36N6/c1-34-15-17-35(18-16-34)25-11-13-26(14-12-25)36-20-27(28-29(31)32-21-33-30(28)36)24-9-7-23(8-10-24)19-22-5-3-2-4-6-22/h2-10,20-21,25-26H,11-19H2,1H3,(H2,31,32,33)/t25-,26-. The number of nitrogens with two attached hydrogens (primary N) is 1. The number of fused-ring (bicyclic) bond motifs is 1. The van der Waals surface area contributed by atoms with Crippen molar-refractivity contribution in [3.8, 4) is 11.1 Å². The molecule has 1 aliphatic carbocycles. The van der Waals surface area contributed by atoms with Crippen molar-refractivity contribution in [3.05, 3.63) is 78.2 Å². The van der Waals surface area contributed by atoms with E-state index in [-0.39, 0.29) is 0 Å². The number of rotatable bonds is 5. The highest BCUT2D eigenvalue weighted by atomic mass is 15.3. The summed E-state index contributed by atoms with van der Waals surface area (Å²) in [5.74, 6) is 0.563. The zero-order valence-electron chi connectivity index (χ0n) is 21.2. The Labute approximate surface area is 213 Å². The lowest BCUT2D eigenvalue weighted by molar-refractivity contribution is 0.0828. The molecule has 36 heavy (non-hydrogen) atoms. The molecule has 2 aliphatic rings. The summed E-state index contributed by atoms with van der Waals surface area (Å²) in [6, 6.07) is 20.7. The number of likely N-dealkylation sites (N-methyl/N-ethyl adjacent to an activating group) is 1. The third-order valence-corrected chi connectivity index (χ3v) is 8.27. The van der Waals surface area contributed by atoms with Crippen LogP contribution in [-0.2, 0) is 6.42 Å². The average Bonchev–Trinajstić information content (AvgIpc) is 3.31. The van der Waals surface area contributed by atoms with Crippen molar-refractivity contribution >= 4 is 16.9 Å². The van der Waals surface area contributed by atoms with Gasteiger partial charge >= 0.3 is 0 Å². The molecule has 1 saturated carbocycles. The second kappa shape index (κ2) is 10.0. The second-order valence-electron chi connectivity index (χ2n) is 10.6. The number of anilines is 1. The number of hydrogen-bond acceptors (Lipinski definition) is 5. The summed E-state index contributed by atoms with van der Waals surface area (Å²) in [5.41, 5.74) is 12.3. The second-order valence-corrected chi connectivity index (χ2v) is 10.6. The fraction of sp³-hybridized carbons (Fsp3) is 0.400. The molecule has 2 fully saturated rings. The predicted octanol–water partition coefficient (Wildman–Crippen LogP) is 5.00. The molecule has 1 aliphatic heterocycles. The quantitative estimate of drug-likeness (QED) is 0.435. The van der Waals surface area contributed by atoms with Crippen molar-refractivity contribution in [1.29, 1.82) is 0 Å². The van der Waals surface area contributed by atoms with Gasteiger partial charge in [0, 0.05) is 50.0 Å². The maximum absolute atomic E-state index is 6.43. The Morgan fingerprint density at radius 3 is 2.19 bits per heavy atom. The maximum Gasteiger partial charge on any atom is 0.146 e. The highest BCUT2D eigenvalue weighted by molar-refractivity contribution is 6.00. The Morgan fingerprint density at radius 2 is 1.47 bits per heavy atom. The van der Waals surface area contributed by atoms with Gasteiger partial charge in [-0.05, 0) is 55.8 Å². The van der Waals surface area contributed by atoms with Crippen molar-refractivity contribution in [3.63, 3.8) is 0 Å². The fourth-order valence-electron chi connectivity index (χ4n) is 6.13. The molecule has 0 spiro atoms. The first-order valence-corrected chi connectivity index (χ1v) is 13.3. The lowest BCUT2D eigenvalue weighted by Gasteiger charge is -2.41. The topological polar surface area (TPSA) is 63.2 Å². The highest BCUT2D eigenvalue weighted by Gasteiger charge is 2.29. The molecule has 2 aromatic heterocycles. The minimum absolute atomic E-state index is 0.455. The molecule has 0 atom stereocenters. The smallest absolute Gasteiger partial charge is 0.146 e. The SMILES string of the molecule is CN1CCN([C@H]2CC[C@H](n3cc(-c4ccc(Cc5ccccc5)cc4)c4c(N)ncnc43)CC2)CC1. The summed E-state index contributed by atoms with van der Waals surface area (Å²) >= 11 is 0. The Kier molecular flexibility index (Phi) is 6.46. The number of aromatic nitrogens is 3. The lowest BCUT2D eigenvalue weighted by Crippen LogP contribution is -2.49. The minimum atomic E-state index is 0.455. The molecule has 0 bridgehead atoms. The molecule has 186 valence electrons. The molecule has 2 N–H and O–H groups in total. The fourth-order valence-corrected chi connectivity index (χ4v) is 6.13. The number of hydrogen-bond donors (Lipinski definition) is 1. The summed E-state index contributed by atoms with van der Waals surface area (Å²) in [4.78, 5) is 14.2. The Balaban J connectivity index is 1.24. The van der Waals surface area contributed by atoms with E-state index in [9.17, 15) is 0 Å². The van der Waals surface area contributed by atoms with Crippen molar-refractivity contribution in [2.45, 2.75) is 44.2 Å². The molecule has 1 saturated heterocycles. The van der Waals surface area contributed by atoms with Gasteiger partial charge in [-0.2, -0.15) is 0 Å². The molecule has 0 radical (unpaired) electrons. The van der Waals surface area contributed by atoms with Gasteiger partial charge in [0.2, 0.25) is 0 Å². The van der Waals surface area contributed by atoms with Crippen molar-refractivity contribution in [1.82, 2.24) is 24.3 Å². The van der Waals surface area contributed by atoms with Crippen LogP contribution in [0.25, 0.3) is 22.2 Å². The van der Waals surface area contributed by atoms with Crippen LogP contribution in [0.15, 0.2) is 67.1 Å². The van der Waals surface area contributed by atoms with Gasteiger partial charge in [0.25, 0.3) is 0 Å². The molecule has 6 rings (SSSR count). The van der Waals surface area contributed by atoms with Crippen molar-refractivity contribution in [2.24, 2.45) is 0 Å². The van der Waals surface area contributed by atoms with Crippen LogP contribution < -0.4 is 5.73 Å². The first-order valence-electron chi connectivity index (χ1n) is 13.3. The van der Waals surface area contributed by atoms with E-state index in [1.54, 1.807) is 6.33 Å². The van der Waals surface area contributed by atoms with Crippen LogP contribution in [0, 0.1) is 0 Å². The van der Waals surface area contributed by atoms with Gasteiger partial charge in [-0.25, -0.2) is 9.97 Å². The van der Waals surface area contributed by atoms with Gasteiger partial charge in [-0.3, -0.25) is 4.90 Å². The summed E-state index contributed by atoms with van der Waals surface area (Å²) in [7, 11) is 2.23. The number of piperazine rings is 1. The van der Waals surface area contributed by atoms with Crippen molar-refractivity contribution in [2.75, 3.05) is 39.0 Å². The number of nitrogen functional groups attached to an aromatic ring is 1. The van der Waals surface area contributed by atoms with E-state index in [1.165, 1.54) is 68.6 Å². The highest BCUT2D eigenvalue weighted by Crippen LogP contribution is 2.39. The van der Waals surface area contributed by atoms with Crippen LogP contribution in [0.5, 0.6) is 0 Å². The summed E-state index contributed by atoms with van der Waals surface area (Å²) in [6.45, 7) is 4.77. The van der Waals surface area contributed by atoms with Gasteiger partial charge in [0.1, 0.15) is 17.8 Å². The molecular formula is C30H36N6. The Morgan fingerprint density at radius 1 is 0.806 bits per heavy atom. The summed E-state index contributed by atoms with van der Waals surface area (Å²) in [6.07, 6.45) is 9.68. The van der Waals surface area contributed by atoms with Crippen LogP contribution >= 0.6 is 0 Å². The van der Waals surface area contributed by atoms with Crippen LogP contribution in [0.2, 0.25) is 0 Å². The van der Waals surface area contributed by atoms with E-state index in [2.05, 4.69) is 87.2 Å². The molecule has 0 amide bonds. The van der Waals surface area contributed by atoms with Gasteiger partial charge in [0.15, 0.2) is 0 Å². The molecular weight excluding hydrogens is 444 g/mol. The molecule has 6 heteroatoms. The van der Waals surface area contributed by atoms with E-state index in [1.807, 2.05) is 0 Å². The van der Waals surface area contributed by atoms with Gasteiger partial charge < -0.3 is 15.2 Å². The van der Waals surface area contributed by atoms with Crippen LogP contribution in [0.4, 0.5) is 5.82 Å². The third kappa shape index (κ3) is 4.63. The monoisotopic (exact) mass is 480 g/mol. The van der Waals surface area contributed by atoms with Crippen LogP contribution in [-0.4, -0.2) is 63.6 Å². The molecule has 4 aromatic rings. The summed E-state index contributed by atoms with van der Waals surface area (Å²) < 4.78 is 2.39. The molecule has 6 nitrogen and oxygen atoms in total. The zero-order valence-corrected chi connectivity index (χ0v) is 21.2. The zero-order chi connectivity index (χ0) is 24.5. The Hall–Kier alpha value is -3.22. The van der Waals surface area contributed by atoms with E-state index in [0.29, 0.717) is 17.9 Å². The van der Waals surface area contributed by atoms with Crippen LogP contribution in [0.1, 0.15) is 42.9 Å². The summed E-state index contributed by atoms with van der Waals surface area (Å²) in [5, 5.41) is 0.981. The van der Waals surface area contributed by atoms with Crippen LogP contribution in [0.3, 0.4) is 0 Å². The van der Waals surface area contributed by atoms with E-state index >= 15 is 0 Å². The number of benzene rings is 2.